The molecule has 2 aromatic rings. The Morgan fingerprint density at radius 1 is 1.35 bits per heavy atom. The Kier molecular flexibility index (Phi) is 3.91. The highest BCUT2D eigenvalue weighted by molar-refractivity contribution is 5.48. The summed E-state index contributed by atoms with van der Waals surface area (Å²) in [6.45, 7) is 3.93. The highest BCUT2D eigenvalue weighted by atomic mass is 19.1. The molecule has 1 aromatic heterocycles. The van der Waals surface area contributed by atoms with Gasteiger partial charge < -0.3 is 9.64 Å². The molecule has 134 valence electrons. The van der Waals surface area contributed by atoms with Crippen LogP contribution in [0.2, 0.25) is 0 Å². The molecule has 7 heteroatoms. The van der Waals surface area contributed by atoms with Crippen LogP contribution in [0.1, 0.15) is 37.3 Å². The maximum atomic E-state index is 13.4. The molecule has 1 saturated heterocycles. The third kappa shape index (κ3) is 2.71. The number of hydrogen-bond donors (Lipinski definition) is 0. The largest absolute Gasteiger partial charge is 0.473 e. The van der Waals surface area contributed by atoms with E-state index in [9.17, 15) is 9.18 Å². The Morgan fingerprint density at radius 2 is 2.19 bits per heavy atom. The first-order chi connectivity index (χ1) is 12.5. The molecule has 2 aliphatic rings. The molecule has 0 amide bonds. The van der Waals surface area contributed by atoms with Crippen molar-refractivity contribution in [1.82, 2.24) is 9.55 Å². The summed E-state index contributed by atoms with van der Waals surface area (Å²) >= 11 is 0. The number of hydrogen-bond acceptors (Lipinski definition) is 5. The molecule has 4 rings (SSSR count). The molecule has 0 spiro atoms. The Balaban J connectivity index is 1.60. The number of anilines is 1. The predicted octanol–water partition coefficient (Wildman–Crippen LogP) is 2.60. The minimum atomic E-state index is -0.560. The lowest BCUT2D eigenvalue weighted by molar-refractivity contribution is 0.287. The van der Waals surface area contributed by atoms with Crippen molar-refractivity contribution in [3.05, 3.63) is 51.7 Å². The average Bonchev–Trinajstić information content (AvgIpc) is 3.03. The van der Waals surface area contributed by atoms with Gasteiger partial charge in [0, 0.05) is 24.7 Å². The molecule has 2 aliphatic heterocycles. The van der Waals surface area contributed by atoms with E-state index >= 15 is 0 Å². The Hall–Kier alpha value is -2.88. The maximum absolute atomic E-state index is 13.4. The summed E-state index contributed by atoms with van der Waals surface area (Å²) in [5.41, 5.74) is 0.387. The number of benzene rings is 1. The zero-order valence-electron chi connectivity index (χ0n) is 14.5. The summed E-state index contributed by atoms with van der Waals surface area (Å²) in [6, 6.07) is 7.85. The van der Waals surface area contributed by atoms with E-state index in [-0.39, 0.29) is 29.3 Å². The Bertz CT molecular complexity index is 965. The van der Waals surface area contributed by atoms with Crippen LogP contribution >= 0.6 is 0 Å². The maximum Gasteiger partial charge on any atom is 0.352 e. The number of nitriles is 1. The van der Waals surface area contributed by atoms with Crippen LogP contribution in [0.5, 0.6) is 5.88 Å². The molecular formula is C19H19FN4O2. The third-order valence-corrected chi connectivity index (χ3v) is 5.40. The number of halogens is 1. The summed E-state index contributed by atoms with van der Waals surface area (Å²) < 4.78 is 20.8. The van der Waals surface area contributed by atoms with Crippen LogP contribution in [-0.2, 0) is 13.2 Å². The van der Waals surface area contributed by atoms with Crippen molar-refractivity contribution in [2.45, 2.75) is 44.9 Å². The van der Waals surface area contributed by atoms with E-state index in [1.54, 1.807) is 16.7 Å². The van der Waals surface area contributed by atoms with Crippen LogP contribution < -0.4 is 15.3 Å². The molecule has 0 bridgehead atoms. The molecule has 26 heavy (non-hydrogen) atoms. The van der Waals surface area contributed by atoms with E-state index in [2.05, 4.69) is 16.8 Å². The van der Waals surface area contributed by atoms with Crippen LogP contribution in [0.25, 0.3) is 0 Å². The summed E-state index contributed by atoms with van der Waals surface area (Å²) in [6.07, 6.45) is 3.16. The van der Waals surface area contributed by atoms with Gasteiger partial charge in [-0.2, -0.15) is 10.2 Å². The summed E-state index contributed by atoms with van der Waals surface area (Å²) in [4.78, 5) is 18.7. The van der Waals surface area contributed by atoms with Crippen molar-refractivity contribution in [3.8, 4) is 11.9 Å². The molecule has 0 N–H and O–H groups in total. The minimum Gasteiger partial charge on any atom is -0.473 e. The van der Waals surface area contributed by atoms with Gasteiger partial charge in [-0.05, 0) is 43.9 Å². The second kappa shape index (κ2) is 6.13. The van der Waals surface area contributed by atoms with Gasteiger partial charge in [-0.1, -0.05) is 6.07 Å². The lowest BCUT2D eigenvalue weighted by Crippen LogP contribution is -2.49. The monoisotopic (exact) mass is 354 g/mol. The first-order valence-electron chi connectivity index (χ1n) is 8.71. The first kappa shape index (κ1) is 16.6. The Labute approximate surface area is 150 Å². The molecule has 0 aliphatic carbocycles. The van der Waals surface area contributed by atoms with Gasteiger partial charge in [-0.3, -0.25) is 4.57 Å². The average molecular weight is 354 g/mol. The molecule has 1 unspecified atom stereocenters. The highest BCUT2D eigenvalue weighted by Crippen LogP contribution is 2.40. The summed E-state index contributed by atoms with van der Waals surface area (Å²) in [7, 11) is 0. The fourth-order valence-corrected chi connectivity index (χ4v) is 3.91. The van der Waals surface area contributed by atoms with E-state index in [4.69, 9.17) is 10.00 Å². The molecule has 6 nitrogen and oxygen atoms in total. The van der Waals surface area contributed by atoms with Crippen molar-refractivity contribution in [2.75, 3.05) is 11.4 Å². The quantitative estimate of drug-likeness (QED) is 0.847. The predicted molar refractivity (Wildman–Crippen MR) is 93.5 cm³/mol. The lowest BCUT2D eigenvalue weighted by Gasteiger charge is -2.42. The van der Waals surface area contributed by atoms with Crippen molar-refractivity contribution < 1.29 is 9.13 Å². The van der Waals surface area contributed by atoms with Crippen molar-refractivity contribution in [3.63, 3.8) is 0 Å². The van der Waals surface area contributed by atoms with E-state index in [0.29, 0.717) is 12.1 Å². The van der Waals surface area contributed by atoms with E-state index in [0.717, 1.165) is 31.6 Å². The summed E-state index contributed by atoms with van der Waals surface area (Å²) in [5.74, 6) is 0.540. The van der Waals surface area contributed by atoms with Crippen molar-refractivity contribution >= 4 is 5.82 Å². The number of rotatable bonds is 3. The molecule has 0 saturated carbocycles. The third-order valence-electron chi connectivity index (χ3n) is 5.40. The molecule has 3 heterocycles. The van der Waals surface area contributed by atoms with Gasteiger partial charge in [-0.25, -0.2) is 9.18 Å². The lowest BCUT2D eigenvalue weighted by atomic mass is 9.93. The normalized spacial score (nSPS) is 21.0. The van der Waals surface area contributed by atoms with E-state index in [1.807, 2.05) is 6.07 Å². The standard InChI is InChI=1S/C19H19FN4O2/c1-19-5-2-7-24(19)17-10-16(22-18(25)23(17)8-6-19)26-12-13-3-4-15(20)14(9-13)11-21/h3-4,9-10H,2,5-8,12H2,1H3. The van der Waals surface area contributed by atoms with Gasteiger partial charge in [0.1, 0.15) is 24.3 Å². The highest BCUT2D eigenvalue weighted by Gasteiger charge is 2.41. The summed E-state index contributed by atoms with van der Waals surface area (Å²) in [5, 5.41) is 8.92. The van der Waals surface area contributed by atoms with Gasteiger partial charge >= 0.3 is 5.69 Å². The van der Waals surface area contributed by atoms with Crippen LogP contribution in [0.3, 0.4) is 0 Å². The van der Waals surface area contributed by atoms with Crippen LogP contribution in [0.4, 0.5) is 10.2 Å². The fourth-order valence-electron chi connectivity index (χ4n) is 3.91. The van der Waals surface area contributed by atoms with Crippen LogP contribution in [-0.4, -0.2) is 21.6 Å². The Morgan fingerprint density at radius 3 is 3.00 bits per heavy atom. The zero-order valence-corrected chi connectivity index (χ0v) is 14.5. The van der Waals surface area contributed by atoms with E-state index < -0.39 is 5.82 Å². The van der Waals surface area contributed by atoms with Crippen molar-refractivity contribution in [2.24, 2.45) is 0 Å². The van der Waals surface area contributed by atoms with Crippen LogP contribution in [0, 0.1) is 17.1 Å². The molecule has 1 fully saturated rings. The molecule has 0 radical (unpaired) electrons. The smallest absolute Gasteiger partial charge is 0.352 e. The van der Waals surface area contributed by atoms with E-state index in [1.165, 1.54) is 12.1 Å². The molecular weight excluding hydrogens is 335 g/mol. The van der Waals surface area contributed by atoms with Crippen molar-refractivity contribution in [1.29, 1.82) is 5.26 Å². The first-order valence-corrected chi connectivity index (χ1v) is 8.71. The van der Waals surface area contributed by atoms with Gasteiger partial charge in [0.2, 0.25) is 5.88 Å². The number of fused-ring (bicyclic) bond motifs is 3. The van der Waals surface area contributed by atoms with Gasteiger partial charge in [0.05, 0.1) is 5.56 Å². The van der Waals surface area contributed by atoms with Gasteiger partial charge in [-0.15, -0.1) is 0 Å². The number of nitrogens with zero attached hydrogens (tertiary/aromatic N) is 4. The number of ether oxygens (including phenoxy) is 1. The minimum absolute atomic E-state index is 0.0302. The topological polar surface area (TPSA) is 71.2 Å². The zero-order chi connectivity index (χ0) is 18.3. The second-order valence-corrected chi connectivity index (χ2v) is 7.10. The SMILES string of the molecule is CC12CCCN1c1cc(OCc3ccc(F)c(C#N)c3)nc(=O)n1CC2. The van der Waals surface area contributed by atoms with Gasteiger partial charge in [0.25, 0.3) is 0 Å². The second-order valence-electron chi connectivity index (χ2n) is 7.10. The molecule has 1 atom stereocenters. The van der Waals surface area contributed by atoms with Gasteiger partial charge in [0.15, 0.2) is 0 Å². The molecule has 1 aromatic carbocycles. The fraction of sp³-hybridized carbons (Fsp3) is 0.421. The number of aromatic nitrogens is 2. The van der Waals surface area contributed by atoms with Crippen LogP contribution in [0.15, 0.2) is 29.1 Å².